The lowest BCUT2D eigenvalue weighted by Gasteiger charge is -2.01. The molecule has 0 atom stereocenters. The second-order valence-electron chi connectivity index (χ2n) is 2.36. The van der Waals surface area contributed by atoms with Crippen LogP contribution in [0.3, 0.4) is 0 Å². The Morgan fingerprint density at radius 1 is 1.73 bits per heavy atom. The van der Waals surface area contributed by atoms with Gasteiger partial charge in [0.2, 0.25) is 0 Å². The van der Waals surface area contributed by atoms with Gasteiger partial charge in [0.25, 0.3) is 5.56 Å². The van der Waals surface area contributed by atoms with Crippen LogP contribution in [0.2, 0.25) is 0 Å². The zero-order valence-corrected chi connectivity index (χ0v) is 6.22. The van der Waals surface area contributed by atoms with Crippen molar-refractivity contribution in [2.24, 2.45) is 0 Å². The third-order valence-electron chi connectivity index (χ3n) is 1.58. The van der Waals surface area contributed by atoms with Crippen LogP contribution < -0.4 is 11.3 Å². The Morgan fingerprint density at radius 2 is 2.36 bits per heavy atom. The lowest BCUT2D eigenvalue weighted by atomic mass is 10.1. The van der Waals surface area contributed by atoms with Gasteiger partial charge < -0.3 is 15.8 Å². The van der Waals surface area contributed by atoms with E-state index in [1.165, 1.54) is 0 Å². The van der Waals surface area contributed by atoms with Crippen molar-refractivity contribution in [3.05, 3.63) is 27.5 Å². The quantitative estimate of drug-likeness (QED) is 0.522. The van der Waals surface area contributed by atoms with E-state index < -0.39 is 0 Å². The summed E-state index contributed by atoms with van der Waals surface area (Å²) in [5.74, 6) is 0.282. The molecule has 1 rings (SSSR count). The Labute approximate surface area is 63.7 Å². The molecule has 60 valence electrons. The maximum atomic E-state index is 11.0. The van der Waals surface area contributed by atoms with Gasteiger partial charge in [-0.25, -0.2) is 0 Å². The van der Waals surface area contributed by atoms with Crippen LogP contribution in [-0.2, 0) is 6.61 Å². The van der Waals surface area contributed by atoms with Crippen LogP contribution in [0.25, 0.3) is 0 Å². The first-order chi connectivity index (χ1) is 5.15. The van der Waals surface area contributed by atoms with Gasteiger partial charge >= 0.3 is 0 Å². The Hall–Kier alpha value is -1.29. The highest BCUT2D eigenvalue weighted by Gasteiger charge is 2.01. The number of pyridine rings is 1. The molecule has 0 bridgehead atoms. The first-order valence-electron chi connectivity index (χ1n) is 3.24. The van der Waals surface area contributed by atoms with Gasteiger partial charge in [0.1, 0.15) is 5.82 Å². The van der Waals surface area contributed by atoms with Crippen molar-refractivity contribution >= 4 is 5.82 Å². The number of aromatic nitrogens is 1. The Morgan fingerprint density at radius 3 is 2.91 bits per heavy atom. The monoisotopic (exact) mass is 154 g/mol. The topological polar surface area (TPSA) is 79.1 Å². The fourth-order valence-corrected chi connectivity index (χ4v) is 0.867. The number of aliphatic hydroxyl groups excluding tert-OH is 1. The van der Waals surface area contributed by atoms with Crippen LogP contribution in [0.4, 0.5) is 5.82 Å². The van der Waals surface area contributed by atoms with Gasteiger partial charge in [0, 0.05) is 5.56 Å². The summed E-state index contributed by atoms with van der Waals surface area (Å²) in [5.41, 5.74) is 6.19. The molecule has 4 heteroatoms. The molecule has 4 nitrogen and oxygen atoms in total. The molecule has 0 unspecified atom stereocenters. The number of nitrogen functional groups attached to an aromatic ring is 1. The van der Waals surface area contributed by atoms with Crippen molar-refractivity contribution in [3.8, 4) is 0 Å². The highest BCUT2D eigenvalue weighted by atomic mass is 16.3. The molecule has 0 saturated carbocycles. The number of H-pyrrole nitrogens is 1. The summed E-state index contributed by atoms with van der Waals surface area (Å²) in [6.45, 7) is 1.49. The third-order valence-corrected chi connectivity index (χ3v) is 1.58. The maximum Gasteiger partial charge on any atom is 0.252 e. The fraction of sp³-hybridized carbons (Fsp3) is 0.286. The van der Waals surface area contributed by atoms with E-state index in [0.717, 1.165) is 0 Å². The molecule has 0 radical (unpaired) electrons. The highest BCUT2D eigenvalue weighted by molar-refractivity contribution is 5.35. The van der Waals surface area contributed by atoms with Crippen LogP contribution in [0.1, 0.15) is 11.1 Å². The molecule has 0 aromatic carbocycles. The molecule has 1 aromatic rings. The number of nitrogens with one attached hydrogen (secondary N) is 1. The van der Waals surface area contributed by atoms with Crippen LogP contribution in [0.15, 0.2) is 10.9 Å². The second-order valence-corrected chi connectivity index (χ2v) is 2.36. The normalized spacial score (nSPS) is 10.0. The van der Waals surface area contributed by atoms with Crippen molar-refractivity contribution in [1.82, 2.24) is 4.98 Å². The summed E-state index contributed by atoms with van der Waals surface area (Å²) in [4.78, 5) is 13.4. The van der Waals surface area contributed by atoms with E-state index in [4.69, 9.17) is 10.8 Å². The van der Waals surface area contributed by atoms with Crippen LogP contribution in [-0.4, -0.2) is 10.1 Å². The molecule has 4 N–H and O–H groups in total. The predicted molar refractivity (Wildman–Crippen MR) is 42.1 cm³/mol. The molecule has 0 fully saturated rings. The average molecular weight is 154 g/mol. The van der Waals surface area contributed by atoms with Crippen LogP contribution in [0.5, 0.6) is 0 Å². The van der Waals surface area contributed by atoms with Gasteiger partial charge in [0.05, 0.1) is 6.61 Å². The number of nitrogens with two attached hydrogens (primary N) is 1. The van der Waals surface area contributed by atoms with Crippen LogP contribution in [0, 0.1) is 6.92 Å². The van der Waals surface area contributed by atoms with Gasteiger partial charge in [-0.15, -0.1) is 0 Å². The van der Waals surface area contributed by atoms with E-state index in [-0.39, 0.29) is 18.0 Å². The summed E-state index contributed by atoms with van der Waals surface area (Å²) in [5, 5.41) is 8.76. The fourth-order valence-electron chi connectivity index (χ4n) is 0.867. The summed E-state index contributed by atoms with van der Waals surface area (Å²) < 4.78 is 0. The molecule has 11 heavy (non-hydrogen) atoms. The minimum absolute atomic E-state index is 0.153. The number of hydrogen-bond acceptors (Lipinski definition) is 3. The average Bonchev–Trinajstić information content (AvgIpc) is 1.96. The second kappa shape index (κ2) is 2.75. The minimum Gasteiger partial charge on any atom is -0.392 e. The van der Waals surface area contributed by atoms with E-state index in [9.17, 15) is 4.79 Å². The van der Waals surface area contributed by atoms with E-state index >= 15 is 0 Å². The first-order valence-corrected chi connectivity index (χ1v) is 3.24. The van der Waals surface area contributed by atoms with Gasteiger partial charge in [-0.2, -0.15) is 0 Å². The molecular formula is C7H10N2O2. The van der Waals surface area contributed by atoms with E-state index in [2.05, 4.69) is 4.98 Å². The molecule has 0 spiro atoms. The Kier molecular flexibility index (Phi) is 1.96. The number of aliphatic hydroxyl groups is 1. The van der Waals surface area contributed by atoms with Crippen LogP contribution >= 0.6 is 0 Å². The molecular weight excluding hydrogens is 144 g/mol. The van der Waals surface area contributed by atoms with Gasteiger partial charge in [-0.1, -0.05) is 0 Å². The third kappa shape index (κ3) is 1.40. The smallest absolute Gasteiger partial charge is 0.252 e. The Bertz CT molecular complexity index is 317. The first kappa shape index (κ1) is 7.81. The number of aromatic amines is 1. The van der Waals surface area contributed by atoms with E-state index in [1.54, 1.807) is 13.0 Å². The molecule has 1 aromatic heterocycles. The zero-order chi connectivity index (χ0) is 8.43. The van der Waals surface area contributed by atoms with E-state index in [0.29, 0.717) is 11.1 Å². The number of anilines is 1. The lowest BCUT2D eigenvalue weighted by Crippen LogP contribution is -2.14. The van der Waals surface area contributed by atoms with Crippen molar-refractivity contribution in [3.63, 3.8) is 0 Å². The summed E-state index contributed by atoms with van der Waals surface area (Å²) in [6.07, 6.45) is 0. The highest BCUT2D eigenvalue weighted by Crippen LogP contribution is 2.04. The lowest BCUT2D eigenvalue weighted by molar-refractivity contribution is 0.281. The largest absolute Gasteiger partial charge is 0.392 e. The molecule has 0 saturated heterocycles. The van der Waals surface area contributed by atoms with Gasteiger partial charge in [0.15, 0.2) is 0 Å². The SMILES string of the molecule is Cc1c(CO)cc(N)[nH]c1=O. The van der Waals surface area contributed by atoms with Crippen molar-refractivity contribution < 1.29 is 5.11 Å². The molecule has 0 amide bonds. The minimum atomic E-state index is -0.242. The number of hydrogen-bond donors (Lipinski definition) is 3. The summed E-state index contributed by atoms with van der Waals surface area (Å²) >= 11 is 0. The van der Waals surface area contributed by atoms with Gasteiger partial charge in [-0.3, -0.25) is 4.79 Å². The van der Waals surface area contributed by atoms with Crippen molar-refractivity contribution in [2.45, 2.75) is 13.5 Å². The van der Waals surface area contributed by atoms with Crippen molar-refractivity contribution in [1.29, 1.82) is 0 Å². The van der Waals surface area contributed by atoms with Gasteiger partial charge in [-0.05, 0) is 18.6 Å². The number of rotatable bonds is 1. The van der Waals surface area contributed by atoms with E-state index in [1.807, 2.05) is 0 Å². The summed E-state index contributed by atoms with van der Waals surface area (Å²) in [6, 6.07) is 1.55. The molecule has 0 aliphatic carbocycles. The van der Waals surface area contributed by atoms with Crippen molar-refractivity contribution in [2.75, 3.05) is 5.73 Å². The standard InChI is InChI=1S/C7H10N2O2/c1-4-5(3-10)2-6(8)9-7(4)11/h2,10H,3H2,1H3,(H3,8,9,11). The zero-order valence-electron chi connectivity index (χ0n) is 6.22. The maximum absolute atomic E-state index is 11.0. The summed E-state index contributed by atoms with van der Waals surface area (Å²) in [7, 11) is 0. The Balaban J connectivity index is 3.36. The molecule has 0 aliphatic rings. The molecule has 1 heterocycles. The molecule has 0 aliphatic heterocycles. The predicted octanol–water partition coefficient (Wildman–Crippen LogP) is -0.242.